The summed E-state index contributed by atoms with van der Waals surface area (Å²) in [6.07, 6.45) is 0.835. The van der Waals surface area contributed by atoms with Crippen molar-refractivity contribution in [3.8, 4) is 17.4 Å². The largest absolute Gasteiger partial charge is 0.493 e. The van der Waals surface area contributed by atoms with Gasteiger partial charge in [-0.05, 0) is 37.1 Å². The van der Waals surface area contributed by atoms with E-state index < -0.39 is 0 Å². The minimum atomic E-state index is 0.475. The Morgan fingerprint density at radius 3 is 2.52 bits per heavy atom. The molecule has 0 atom stereocenters. The predicted octanol–water partition coefficient (Wildman–Crippen LogP) is 2.41. The lowest BCUT2D eigenvalue weighted by atomic mass is 10.1. The average Bonchev–Trinajstić information content (AvgIpc) is 2.72. The normalized spacial score (nSPS) is 11.0. The number of nitrogens with one attached hydrogen (secondary N) is 2. The fraction of sp³-hybridized carbons (Fsp3) is 0.400. The van der Waals surface area contributed by atoms with Crippen molar-refractivity contribution in [3.05, 3.63) is 47.7 Å². The van der Waals surface area contributed by atoms with E-state index in [2.05, 4.69) is 20.6 Å². The molecule has 1 aromatic carbocycles. The lowest BCUT2D eigenvalue weighted by Crippen LogP contribution is -2.38. The molecule has 0 spiro atoms. The molecule has 1 aromatic heterocycles. The molecule has 7 heteroatoms. The van der Waals surface area contributed by atoms with Crippen LogP contribution >= 0.6 is 0 Å². The molecule has 2 rings (SSSR count). The molecule has 0 aliphatic heterocycles. The number of methoxy groups -OCH3 is 3. The molecule has 0 aliphatic rings. The van der Waals surface area contributed by atoms with E-state index in [1.54, 1.807) is 21.3 Å². The first-order valence-electron chi connectivity index (χ1n) is 8.93. The zero-order valence-electron chi connectivity index (χ0n) is 16.4. The van der Waals surface area contributed by atoms with Crippen molar-refractivity contribution in [2.75, 3.05) is 34.4 Å². The second-order valence-electron chi connectivity index (χ2n) is 5.73. The van der Waals surface area contributed by atoms with E-state index in [1.165, 1.54) is 0 Å². The minimum absolute atomic E-state index is 0.475. The van der Waals surface area contributed by atoms with Gasteiger partial charge in [-0.15, -0.1) is 0 Å². The highest BCUT2D eigenvalue weighted by Crippen LogP contribution is 2.27. The maximum absolute atomic E-state index is 5.35. The molecule has 0 fully saturated rings. The Labute approximate surface area is 160 Å². The Kier molecular flexibility index (Phi) is 8.22. The van der Waals surface area contributed by atoms with Crippen molar-refractivity contribution in [2.45, 2.75) is 19.9 Å². The zero-order valence-corrected chi connectivity index (χ0v) is 16.4. The number of rotatable bonds is 9. The highest BCUT2D eigenvalue weighted by atomic mass is 16.5. The molecule has 0 unspecified atom stereocenters. The van der Waals surface area contributed by atoms with Gasteiger partial charge in [-0.3, -0.25) is 0 Å². The molecular weight excluding hydrogens is 344 g/mol. The molecule has 27 heavy (non-hydrogen) atoms. The smallest absolute Gasteiger partial charge is 0.213 e. The van der Waals surface area contributed by atoms with Crippen LogP contribution in [-0.4, -0.2) is 45.4 Å². The van der Waals surface area contributed by atoms with Crippen molar-refractivity contribution in [1.29, 1.82) is 0 Å². The van der Waals surface area contributed by atoms with E-state index in [0.29, 0.717) is 12.4 Å². The molecule has 146 valence electrons. The summed E-state index contributed by atoms with van der Waals surface area (Å²) < 4.78 is 15.8. The standard InChI is InChI=1S/C20H28N4O3/c1-5-21-20(23-14-16-7-6-8-19(24-16)27-4)22-12-11-15-9-10-17(25-2)18(13-15)26-3/h6-10,13H,5,11-12,14H2,1-4H3,(H2,21,22,23). The lowest BCUT2D eigenvalue weighted by Gasteiger charge is -2.12. The number of guanidine groups is 1. The molecule has 7 nitrogen and oxygen atoms in total. The van der Waals surface area contributed by atoms with Crippen LogP contribution in [0, 0.1) is 0 Å². The Hall–Kier alpha value is -2.96. The van der Waals surface area contributed by atoms with Gasteiger partial charge in [0.1, 0.15) is 0 Å². The summed E-state index contributed by atoms with van der Waals surface area (Å²) in [5.41, 5.74) is 2.01. The predicted molar refractivity (Wildman–Crippen MR) is 107 cm³/mol. The van der Waals surface area contributed by atoms with E-state index in [1.807, 2.05) is 43.3 Å². The molecule has 0 amide bonds. The van der Waals surface area contributed by atoms with Crippen LogP contribution in [0.5, 0.6) is 17.4 Å². The van der Waals surface area contributed by atoms with Crippen LogP contribution < -0.4 is 24.8 Å². The number of ether oxygens (including phenoxy) is 3. The van der Waals surface area contributed by atoms with Crippen molar-refractivity contribution in [2.24, 2.45) is 4.99 Å². The number of aromatic nitrogens is 1. The summed E-state index contributed by atoms with van der Waals surface area (Å²) in [6, 6.07) is 11.6. The Balaban J connectivity index is 1.93. The van der Waals surface area contributed by atoms with Gasteiger partial charge in [-0.1, -0.05) is 12.1 Å². The zero-order chi connectivity index (χ0) is 19.5. The summed E-state index contributed by atoms with van der Waals surface area (Å²) in [5, 5.41) is 6.59. The monoisotopic (exact) mass is 372 g/mol. The van der Waals surface area contributed by atoms with Crippen LogP contribution in [0.1, 0.15) is 18.2 Å². The number of hydrogen-bond donors (Lipinski definition) is 2. The molecule has 2 aromatic rings. The fourth-order valence-electron chi connectivity index (χ4n) is 2.52. The quantitative estimate of drug-likeness (QED) is 0.520. The molecule has 0 saturated heterocycles. The van der Waals surface area contributed by atoms with Crippen LogP contribution in [0.25, 0.3) is 0 Å². The number of benzene rings is 1. The molecule has 0 aliphatic carbocycles. The fourth-order valence-corrected chi connectivity index (χ4v) is 2.52. The second-order valence-corrected chi connectivity index (χ2v) is 5.73. The van der Waals surface area contributed by atoms with Crippen LogP contribution in [0.2, 0.25) is 0 Å². The summed E-state index contributed by atoms with van der Waals surface area (Å²) in [4.78, 5) is 8.96. The Morgan fingerprint density at radius 2 is 1.81 bits per heavy atom. The highest BCUT2D eigenvalue weighted by molar-refractivity contribution is 5.79. The molecular formula is C20H28N4O3. The van der Waals surface area contributed by atoms with Gasteiger partial charge in [0.15, 0.2) is 17.5 Å². The third-order valence-electron chi connectivity index (χ3n) is 3.89. The van der Waals surface area contributed by atoms with Gasteiger partial charge in [0.25, 0.3) is 0 Å². The average molecular weight is 372 g/mol. The third-order valence-corrected chi connectivity index (χ3v) is 3.89. The maximum atomic E-state index is 5.35. The molecule has 0 bridgehead atoms. The van der Waals surface area contributed by atoms with E-state index >= 15 is 0 Å². The second kappa shape index (κ2) is 10.9. The van der Waals surface area contributed by atoms with E-state index in [-0.39, 0.29) is 0 Å². The van der Waals surface area contributed by atoms with Crippen LogP contribution in [0.4, 0.5) is 0 Å². The number of pyridine rings is 1. The first-order chi connectivity index (χ1) is 13.2. The van der Waals surface area contributed by atoms with Gasteiger partial charge in [-0.2, -0.15) is 0 Å². The minimum Gasteiger partial charge on any atom is -0.493 e. The summed E-state index contributed by atoms with van der Waals surface area (Å²) in [7, 11) is 4.88. The van der Waals surface area contributed by atoms with Crippen LogP contribution in [0.15, 0.2) is 41.4 Å². The van der Waals surface area contributed by atoms with Gasteiger partial charge < -0.3 is 24.8 Å². The van der Waals surface area contributed by atoms with Crippen LogP contribution in [-0.2, 0) is 13.0 Å². The number of hydrogen-bond acceptors (Lipinski definition) is 5. The van der Waals surface area contributed by atoms with Gasteiger partial charge in [0, 0.05) is 19.2 Å². The van der Waals surface area contributed by atoms with Crippen molar-refractivity contribution < 1.29 is 14.2 Å². The molecule has 2 N–H and O–H groups in total. The third kappa shape index (κ3) is 6.36. The highest BCUT2D eigenvalue weighted by Gasteiger charge is 2.05. The summed E-state index contributed by atoms with van der Waals surface area (Å²) in [5.74, 6) is 2.81. The maximum Gasteiger partial charge on any atom is 0.213 e. The topological polar surface area (TPSA) is 77.0 Å². The van der Waals surface area contributed by atoms with Crippen molar-refractivity contribution >= 4 is 5.96 Å². The van der Waals surface area contributed by atoms with Gasteiger partial charge in [-0.25, -0.2) is 9.98 Å². The van der Waals surface area contributed by atoms with E-state index in [0.717, 1.165) is 48.2 Å². The summed E-state index contributed by atoms with van der Waals surface area (Å²) >= 11 is 0. The Morgan fingerprint density at radius 1 is 1.00 bits per heavy atom. The Bertz CT molecular complexity index is 750. The van der Waals surface area contributed by atoms with E-state index in [9.17, 15) is 0 Å². The SMILES string of the molecule is CCNC(=NCc1cccc(OC)n1)NCCc1ccc(OC)c(OC)c1. The first kappa shape index (κ1) is 20.4. The van der Waals surface area contributed by atoms with Gasteiger partial charge in [0.2, 0.25) is 5.88 Å². The summed E-state index contributed by atoms with van der Waals surface area (Å²) in [6.45, 7) is 4.04. The van der Waals surface area contributed by atoms with Gasteiger partial charge >= 0.3 is 0 Å². The lowest BCUT2D eigenvalue weighted by molar-refractivity contribution is 0.354. The molecule has 0 radical (unpaired) electrons. The van der Waals surface area contributed by atoms with Crippen LogP contribution in [0.3, 0.4) is 0 Å². The van der Waals surface area contributed by atoms with Crippen molar-refractivity contribution in [3.63, 3.8) is 0 Å². The van der Waals surface area contributed by atoms with E-state index in [4.69, 9.17) is 14.2 Å². The first-order valence-corrected chi connectivity index (χ1v) is 8.93. The van der Waals surface area contributed by atoms with Crippen molar-refractivity contribution in [1.82, 2.24) is 15.6 Å². The number of aliphatic imine (C=N–C) groups is 1. The molecule has 0 saturated carbocycles. The van der Waals surface area contributed by atoms with Gasteiger partial charge in [0.05, 0.1) is 33.6 Å². The molecule has 1 heterocycles. The number of nitrogens with zero attached hydrogens (tertiary/aromatic N) is 2.